The molecule has 0 fully saturated rings. The molecule has 0 amide bonds. The molecule has 1 aromatic heterocycles. The Morgan fingerprint density at radius 3 is 3.25 bits per heavy atom. The molecular weight excluding hydrogens is 184 g/mol. The third-order valence-corrected chi connectivity index (χ3v) is 4.24. The average molecular weight is 192 g/mol. The monoisotopic (exact) mass is 192 g/mol. The van der Waals surface area contributed by atoms with Crippen LogP contribution in [0.25, 0.3) is 10.1 Å². The first-order valence-corrected chi connectivity index (χ1v) is 5.93. The van der Waals surface area contributed by atoms with Crippen LogP contribution in [0, 0.1) is 0 Å². The molecule has 0 atom stereocenters. The van der Waals surface area contributed by atoms with Crippen molar-refractivity contribution in [2.45, 2.75) is 11.3 Å². The summed E-state index contributed by atoms with van der Waals surface area (Å²) in [7, 11) is 0. The minimum absolute atomic E-state index is 1.26. The summed E-state index contributed by atoms with van der Waals surface area (Å²) >= 11 is 3.83. The van der Waals surface area contributed by atoms with E-state index >= 15 is 0 Å². The van der Waals surface area contributed by atoms with Crippen LogP contribution in [0.4, 0.5) is 0 Å². The SMILES string of the molecule is c1cc2cc3c(cc2s1)CCS3. The van der Waals surface area contributed by atoms with E-state index in [2.05, 4.69) is 23.6 Å². The normalized spacial score (nSPS) is 15.3. The van der Waals surface area contributed by atoms with E-state index in [0.717, 1.165) is 0 Å². The first-order valence-electron chi connectivity index (χ1n) is 4.06. The van der Waals surface area contributed by atoms with E-state index in [4.69, 9.17) is 0 Å². The predicted molar refractivity (Wildman–Crippen MR) is 56.3 cm³/mol. The fourth-order valence-electron chi connectivity index (χ4n) is 1.63. The van der Waals surface area contributed by atoms with E-state index in [9.17, 15) is 0 Å². The number of hydrogen-bond acceptors (Lipinski definition) is 2. The van der Waals surface area contributed by atoms with Crippen LogP contribution < -0.4 is 0 Å². The molecule has 0 saturated carbocycles. The summed E-state index contributed by atoms with van der Waals surface area (Å²) in [5, 5.41) is 3.58. The number of hydrogen-bond donors (Lipinski definition) is 0. The van der Waals surface area contributed by atoms with E-state index in [0.29, 0.717) is 0 Å². The quantitative estimate of drug-likeness (QED) is 0.615. The number of fused-ring (bicyclic) bond motifs is 2. The van der Waals surface area contributed by atoms with Crippen molar-refractivity contribution in [1.29, 1.82) is 0 Å². The molecule has 2 heteroatoms. The lowest BCUT2D eigenvalue weighted by atomic mass is 10.1. The Balaban J connectivity index is 2.38. The van der Waals surface area contributed by atoms with Crippen LogP contribution in [-0.2, 0) is 6.42 Å². The second-order valence-electron chi connectivity index (χ2n) is 3.02. The van der Waals surface area contributed by atoms with Gasteiger partial charge in [0.05, 0.1) is 0 Å². The molecule has 1 aliphatic rings. The number of thioether (sulfide) groups is 1. The summed E-state index contributed by atoms with van der Waals surface area (Å²) in [6.07, 6.45) is 1.26. The Morgan fingerprint density at radius 2 is 2.25 bits per heavy atom. The molecule has 1 aromatic carbocycles. The highest BCUT2D eigenvalue weighted by molar-refractivity contribution is 7.99. The third-order valence-electron chi connectivity index (χ3n) is 2.26. The number of rotatable bonds is 0. The molecule has 0 nitrogen and oxygen atoms in total. The van der Waals surface area contributed by atoms with Crippen LogP contribution in [-0.4, -0.2) is 5.75 Å². The van der Waals surface area contributed by atoms with Gasteiger partial charge >= 0.3 is 0 Å². The van der Waals surface area contributed by atoms with Crippen LogP contribution in [0.1, 0.15) is 5.56 Å². The van der Waals surface area contributed by atoms with Crippen molar-refractivity contribution < 1.29 is 0 Å². The standard InChI is InChI=1S/C10H8S2/c1-3-11-9-6-8-2-4-12-10(8)5-7(1)9/h1,3,5-6H,2,4H2. The fraction of sp³-hybridized carbons (Fsp3) is 0.200. The molecule has 12 heavy (non-hydrogen) atoms. The van der Waals surface area contributed by atoms with Gasteiger partial charge in [0.15, 0.2) is 0 Å². The summed E-state index contributed by atoms with van der Waals surface area (Å²) < 4.78 is 1.44. The molecule has 0 radical (unpaired) electrons. The summed E-state index contributed by atoms with van der Waals surface area (Å²) in [4.78, 5) is 1.50. The first-order chi connectivity index (χ1) is 5.93. The van der Waals surface area contributed by atoms with E-state index in [1.165, 1.54) is 27.2 Å². The van der Waals surface area contributed by atoms with Crippen molar-refractivity contribution in [3.8, 4) is 0 Å². The molecule has 1 aliphatic heterocycles. The van der Waals surface area contributed by atoms with Gasteiger partial charge < -0.3 is 0 Å². The van der Waals surface area contributed by atoms with Gasteiger partial charge in [-0.2, -0.15) is 0 Å². The van der Waals surface area contributed by atoms with Crippen molar-refractivity contribution in [2.75, 3.05) is 5.75 Å². The minimum Gasteiger partial charge on any atom is -0.144 e. The fourth-order valence-corrected chi connectivity index (χ4v) is 3.56. The zero-order valence-electron chi connectivity index (χ0n) is 6.54. The van der Waals surface area contributed by atoms with Crippen molar-refractivity contribution >= 4 is 33.2 Å². The molecule has 3 rings (SSSR count). The Labute approximate surface area is 79.6 Å². The van der Waals surface area contributed by atoms with Crippen LogP contribution in [0.5, 0.6) is 0 Å². The highest BCUT2D eigenvalue weighted by atomic mass is 32.2. The van der Waals surface area contributed by atoms with Gasteiger partial charge in [-0.3, -0.25) is 0 Å². The number of thiophene rings is 1. The summed E-state index contributed by atoms with van der Waals surface area (Å²) in [5.74, 6) is 1.27. The maximum Gasteiger partial charge on any atom is 0.0346 e. The van der Waals surface area contributed by atoms with Gasteiger partial charge in [-0.1, -0.05) is 0 Å². The average Bonchev–Trinajstić information content (AvgIpc) is 2.64. The van der Waals surface area contributed by atoms with Gasteiger partial charge in [0, 0.05) is 15.3 Å². The lowest BCUT2D eigenvalue weighted by Gasteiger charge is -1.96. The maximum absolute atomic E-state index is 2.36. The molecule has 60 valence electrons. The van der Waals surface area contributed by atoms with Gasteiger partial charge in [0.1, 0.15) is 0 Å². The van der Waals surface area contributed by atoms with Crippen molar-refractivity contribution in [2.24, 2.45) is 0 Å². The van der Waals surface area contributed by atoms with Crippen LogP contribution in [0.2, 0.25) is 0 Å². The van der Waals surface area contributed by atoms with E-state index < -0.39 is 0 Å². The van der Waals surface area contributed by atoms with Crippen LogP contribution in [0.3, 0.4) is 0 Å². The molecule has 0 spiro atoms. The van der Waals surface area contributed by atoms with Gasteiger partial charge in [-0.05, 0) is 40.9 Å². The molecule has 0 bridgehead atoms. The zero-order chi connectivity index (χ0) is 7.97. The summed E-state index contributed by atoms with van der Waals surface area (Å²) in [5.41, 5.74) is 1.55. The van der Waals surface area contributed by atoms with Crippen molar-refractivity contribution in [3.63, 3.8) is 0 Å². The summed E-state index contributed by atoms with van der Waals surface area (Å²) in [6, 6.07) is 6.90. The van der Waals surface area contributed by atoms with Crippen molar-refractivity contribution in [3.05, 3.63) is 29.1 Å². The second-order valence-corrected chi connectivity index (χ2v) is 5.10. The number of benzene rings is 1. The third kappa shape index (κ3) is 0.915. The largest absolute Gasteiger partial charge is 0.144 e. The minimum atomic E-state index is 1.26. The molecular formula is C10H8S2. The molecule has 2 aromatic rings. The molecule has 0 unspecified atom stereocenters. The predicted octanol–water partition coefficient (Wildman–Crippen LogP) is 3.55. The molecule has 0 N–H and O–H groups in total. The Morgan fingerprint density at radius 1 is 1.25 bits per heavy atom. The van der Waals surface area contributed by atoms with Crippen LogP contribution >= 0.6 is 23.1 Å². The zero-order valence-corrected chi connectivity index (χ0v) is 8.17. The number of aryl methyl sites for hydroxylation is 1. The van der Waals surface area contributed by atoms with Crippen LogP contribution in [0.15, 0.2) is 28.5 Å². The maximum atomic E-state index is 2.36. The lowest BCUT2D eigenvalue weighted by Crippen LogP contribution is -1.78. The Kier molecular flexibility index (Phi) is 1.46. The van der Waals surface area contributed by atoms with Crippen molar-refractivity contribution in [1.82, 2.24) is 0 Å². The van der Waals surface area contributed by atoms with E-state index in [-0.39, 0.29) is 0 Å². The second kappa shape index (κ2) is 2.51. The Hall–Kier alpha value is -0.470. The summed E-state index contributed by atoms with van der Waals surface area (Å²) in [6.45, 7) is 0. The highest BCUT2D eigenvalue weighted by Gasteiger charge is 2.12. The highest BCUT2D eigenvalue weighted by Crippen LogP contribution is 2.35. The van der Waals surface area contributed by atoms with E-state index in [1.54, 1.807) is 5.56 Å². The molecule has 2 heterocycles. The molecule has 0 saturated heterocycles. The van der Waals surface area contributed by atoms with Gasteiger partial charge in [0.2, 0.25) is 0 Å². The lowest BCUT2D eigenvalue weighted by molar-refractivity contribution is 1.16. The Bertz CT molecular complexity index is 390. The van der Waals surface area contributed by atoms with Gasteiger partial charge in [-0.25, -0.2) is 0 Å². The molecule has 0 aliphatic carbocycles. The van der Waals surface area contributed by atoms with Gasteiger partial charge in [-0.15, -0.1) is 23.1 Å². The topological polar surface area (TPSA) is 0 Å². The first kappa shape index (κ1) is 6.98. The smallest absolute Gasteiger partial charge is 0.0346 e. The van der Waals surface area contributed by atoms with E-state index in [1.807, 2.05) is 23.1 Å². The van der Waals surface area contributed by atoms with Gasteiger partial charge in [0.25, 0.3) is 0 Å².